The highest BCUT2D eigenvalue weighted by atomic mass is 16.5. The van der Waals surface area contributed by atoms with E-state index >= 15 is 0 Å². The first-order valence-electron chi connectivity index (χ1n) is 7.10. The molecule has 0 amide bonds. The second kappa shape index (κ2) is 8.18. The SMILES string of the molecule is CCCC(C)COC(c1ccccc1OC)C(C)N. The lowest BCUT2D eigenvalue weighted by Gasteiger charge is -2.25. The molecule has 3 nitrogen and oxygen atoms in total. The van der Waals surface area contributed by atoms with Gasteiger partial charge >= 0.3 is 0 Å². The number of nitrogens with two attached hydrogens (primary N) is 1. The third-order valence-electron chi connectivity index (χ3n) is 3.26. The Bertz CT molecular complexity index is 366. The highest BCUT2D eigenvalue weighted by molar-refractivity contribution is 5.35. The fourth-order valence-electron chi connectivity index (χ4n) is 2.27. The zero-order valence-corrected chi connectivity index (χ0v) is 12.6. The summed E-state index contributed by atoms with van der Waals surface area (Å²) in [5.74, 6) is 1.40. The zero-order chi connectivity index (χ0) is 14.3. The molecule has 3 heteroatoms. The molecule has 0 radical (unpaired) electrons. The van der Waals surface area contributed by atoms with Gasteiger partial charge in [0, 0.05) is 11.6 Å². The quantitative estimate of drug-likeness (QED) is 0.782. The van der Waals surface area contributed by atoms with E-state index in [1.54, 1.807) is 7.11 Å². The number of hydrogen-bond acceptors (Lipinski definition) is 3. The number of ether oxygens (including phenoxy) is 2. The third-order valence-corrected chi connectivity index (χ3v) is 3.26. The van der Waals surface area contributed by atoms with Crippen LogP contribution in [0.2, 0.25) is 0 Å². The third kappa shape index (κ3) is 4.84. The minimum absolute atomic E-state index is 0.0647. The van der Waals surface area contributed by atoms with Gasteiger partial charge < -0.3 is 15.2 Å². The zero-order valence-electron chi connectivity index (χ0n) is 12.6. The maximum absolute atomic E-state index is 6.07. The maximum atomic E-state index is 6.07. The molecule has 0 bridgehead atoms. The van der Waals surface area contributed by atoms with Crippen LogP contribution < -0.4 is 10.5 Å². The van der Waals surface area contributed by atoms with Crippen molar-refractivity contribution in [1.82, 2.24) is 0 Å². The summed E-state index contributed by atoms with van der Waals surface area (Å²) >= 11 is 0. The smallest absolute Gasteiger partial charge is 0.124 e. The first-order chi connectivity index (χ1) is 9.10. The van der Waals surface area contributed by atoms with Gasteiger partial charge in [0.05, 0.1) is 13.7 Å². The molecule has 0 aliphatic heterocycles. The van der Waals surface area contributed by atoms with Gasteiger partial charge in [0.25, 0.3) is 0 Å². The molecule has 0 aromatic heterocycles. The monoisotopic (exact) mass is 265 g/mol. The van der Waals surface area contributed by atoms with Crippen molar-refractivity contribution in [2.24, 2.45) is 11.7 Å². The van der Waals surface area contributed by atoms with Crippen LogP contribution in [0, 0.1) is 5.92 Å². The Labute approximate surface area is 117 Å². The molecule has 1 aromatic carbocycles. The van der Waals surface area contributed by atoms with Crippen molar-refractivity contribution in [3.8, 4) is 5.75 Å². The summed E-state index contributed by atoms with van der Waals surface area (Å²) in [6, 6.07) is 7.86. The molecular weight excluding hydrogens is 238 g/mol. The molecule has 108 valence electrons. The Morgan fingerprint density at radius 2 is 1.89 bits per heavy atom. The van der Waals surface area contributed by atoms with E-state index in [0.29, 0.717) is 5.92 Å². The lowest BCUT2D eigenvalue weighted by Crippen LogP contribution is -2.28. The molecule has 3 atom stereocenters. The molecule has 0 saturated carbocycles. The van der Waals surface area contributed by atoms with Crippen LogP contribution in [0.3, 0.4) is 0 Å². The molecule has 0 heterocycles. The fourth-order valence-corrected chi connectivity index (χ4v) is 2.27. The topological polar surface area (TPSA) is 44.5 Å². The van der Waals surface area contributed by atoms with Crippen molar-refractivity contribution in [3.05, 3.63) is 29.8 Å². The second-order valence-corrected chi connectivity index (χ2v) is 5.25. The average molecular weight is 265 g/mol. The van der Waals surface area contributed by atoms with E-state index in [1.807, 2.05) is 31.2 Å². The number of rotatable bonds is 8. The van der Waals surface area contributed by atoms with Crippen molar-refractivity contribution in [2.75, 3.05) is 13.7 Å². The van der Waals surface area contributed by atoms with Crippen molar-refractivity contribution < 1.29 is 9.47 Å². The number of benzene rings is 1. The summed E-state index contributed by atoms with van der Waals surface area (Å²) in [5, 5.41) is 0. The van der Waals surface area contributed by atoms with Gasteiger partial charge in [-0.05, 0) is 25.3 Å². The van der Waals surface area contributed by atoms with Gasteiger partial charge in [-0.25, -0.2) is 0 Å². The van der Waals surface area contributed by atoms with E-state index in [1.165, 1.54) is 12.8 Å². The van der Waals surface area contributed by atoms with Crippen molar-refractivity contribution >= 4 is 0 Å². The second-order valence-electron chi connectivity index (χ2n) is 5.25. The van der Waals surface area contributed by atoms with E-state index in [0.717, 1.165) is 17.9 Å². The van der Waals surface area contributed by atoms with Gasteiger partial charge in [0.15, 0.2) is 0 Å². The highest BCUT2D eigenvalue weighted by Crippen LogP contribution is 2.29. The van der Waals surface area contributed by atoms with Gasteiger partial charge in [0.2, 0.25) is 0 Å². The Hall–Kier alpha value is -1.06. The normalized spacial score (nSPS) is 15.8. The molecule has 19 heavy (non-hydrogen) atoms. The van der Waals surface area contributed by atoms with Crippen LogP contribution >= 0.6 is 0 Å². The van der Waals surface area contributed by atoms with Crippen LogP contribution in [0.15, 0.2) is 24.3 Å². The maximum Gasteiger partial charge on any atom is 0.124 e. The van der Waals surface area contributed by atoms with E-state index in [2.05, 4.69) is 13.8 Å². The Morgan fingerprint density at radius 3 is 2.47 bits per heavy atom. The first-order valence-corrected chi connectivity index (χ1v) is 7.10. The lowest BCUT2D eigenvalue weighted by atomic mass is 10.0. The summed E-state index contributed by atoms with van der Waals surface area (Å²) in [4.78, 5) is 0. The summed E-state index contributed by atoms with van der Waals surface area (Å²) < 4.78 is 11.4. The fraction of sp³-hybridized carbons (Fsp3) is 0.625. The molecule has 0 fully saturated rings. The molecule has 2 N–H and O–H groups in total. The molecule has 3 unspecified atom stereocenters. The highest BCUT2D eigenvalue weighted by Gasteiger charge is 2.21. The largest absolute Gasteiger partial charge is 0.496 e. The first kappa shape index (κ1) is 16.0. The molecule has 0 spiro atoms. The number of para-hydroxylation sites is 1. The van der Waals surface area contributed by atoms with Crippen molar-refractivity contribution in [2.45, 2.75) is 45.8 Å². The molecule has 0 aliphatic carbocycles. The lowest BCUT2D eigenvalue weighted by molar-refractivity contribution is 0.0160. The molecule has 0 aliphatic rings. The van der Waals surface area contributed by atoms with Crippen LogP contribution in [-0.4, -0.2) is 19.8 Å². The van der Waals surface area contributed by atoms with Crippen molar-refractivity contribution in [1.29, 1.82) is 0 Å². The van der Waals surface area contributed by atoms with Gasteiger partial charge in [0.1, 0.15) is 11.9 Å². The van der Waals surface area contributed by atoms with E-state index in [4.69, 9.17) is 15.2 Å². The van der Waals surface area contributed by atoms with Gasteiger partial charge in [-0.2, -0.15) is 0 Å². The van der Waals surface area contributed by atoms with Crippen LogP contribution in [0.4, 0.5) is 0 Å². The summed E-state index contributed by atoms with van der Waals surface area (Å²) in [6.07, 6.45) is 2.25. The van der Waals surface area contributed by atoms with E-state index in [9.17, 15) is 0 Å². The van der Waals surface area contributed by atoms with Crippen LogP contribution in [0.5, 0.6) is 5.75 Å². The number of methoxy groups -OCH3 is 1. The Balaban J connectivity index is 2.77. The Morgan fingerprint density at radius 1 is 1.21 bits per heavy atom. The summed E-state index contributed by atoms with van der Waals surface area (Å²) in [7, 11) is 1.68. The van der Waals surface area contributed by atoms with Crippen LogP contribution in [0.25, 0.3) is 0 Å². The van der Waals surface area contributed by atoms with Gasteiger partial charge in [-0.1, -0.05) is 38.5 Å². The predicted octanol–water partition coefficient (Wildman–Crippen LogP) is 3.54. The number of hydrogen-bond donors (Lipinski definition) is 1. The van der Waals surface area contributed by atoms with E-state index in [-0.39, 0.29) is 12.1 Å². The average Bonchev–Trinajstić information content (AvgIpc) is 2.39. The van der Waals surface area contributed by atoms with Gasteiger partial charge in [-0.3, -0.25) is 0 Å². The van der Waals surface area contributed by atoms with Crippen LogP contribution in [0.1, 0.15) is 45.3 Å². The molecular formula is C16H27NO2. The molecule has 1 aromatic rings. The van der Waals surface area contributed by atoms with E-state index < -0.39 is 0 Å². The summed E-state index contributed by atoms with van der Waals surface area (Å²) in [6.45, 7) is 7.11. The minimum Gasteiger partial charge on any atom is -0.496 e. The van der Waals surface area contributed by atoms with Gasteiger partial charge in [-0.15, -0.1) is 0 Å². The molecule has 1 rings (SSSR count). The van der Waals surface area contributed by atoms with Crippen molar-refractivity contribution in [3.63, 3.8) is 0 Å². The standard InChI is InChI=1S/C16H27NO2/c1-5-8-12(2)11-19-16(13(3)17)14-9-6-7-10-15(14)18-4/h6-7,9-10,12-13,16H,5,8,11,17H2,1-4H3. The molecule has 0 saturated heterocycles. The van der Waals surface area contributed by atoms with Crippen LogP contribution in [-0.2, 0) is 4.74 Å². The predicted molar refractivity (Wildman–Crippen MR) is 79.4 cm³/mol. The minimum atomic E-state index is -0.115. The Kier molecular flexibility index (Phi) is 6.89. The summed E-state index contributed by atoms with van der Waals surface area (Å²) in [5.41, 5.74) is 7.10.